The van der Waals surface area contributed by atoms with E-state index in [1.54, 1.807) is 7.11 Å². The van der Waals surface area contributed by atoms with Gasteiger partial charge in [-0.25, -0.2) is 0 Å². The Morgan fingerprint density at radius 1 is 1.00 bits per heavy atom. The molecule has 0 saturated carbocycles. The fraction of sp³-hybridized carbons (Fsp3) is 0.739. The highest BCUT2D eigenvalue weighted by molar-refractivity contribution is 5.29. The SMILES string of the molecule is CCCCCCCCC(CN)CC(c1ccc(OC)cc1)N1CCCC1. The molecule has 0 spiro atoms. The summed E-state index contributed by atoms with van der Waals surface area (Å²) in [7, 11) is 1.73. The van der Waals surface area contributed by atoms with Crippen LogP contribution in [0.2, 0.25) is 0 Å². The average molecular weight is 361 g/mol. The Balaban J connectivity index is 1.91. The largest absolute Gasteiger partial charge is 0.497 e. The number of unbranched alkanes of at least 4 members (excludes halogenated alkanes) is 5. The molecule has 2 N–H and O–H groups in total. The predicted molar refractivity (Wildman–Crippen MR) is 112 cm³/mol. The molecular formula is C23H40N2O. The van der Waals surface area contributed by atoms with Gasteiger partial charge in [-0.3, -0.25) is 4.90 Å². The van der Waals surface area contributed by atoms with E-state index in [0.29, 0.717) is 12.0 Å². The zero-order valence-electron chi connectivity index (χ0n) is 17.1. The molecule has 148 valence electrons. The number of hydrogen-bond donors (Lipinski definition) is 1. The summed E-state index contributed by atoms with van der Waals surface area (Å²) in [5.41, 5.74) is 7.59. The van der Waals surface area contributed by atoms with Crippen molar-refractivity contribution in [1.29, 1.82) is 0 Å². The van der Waals surface area contributed by atoms with E-state index >= 15 is 0 Å². The van der Waals surface area contributed by atoms with Gasteiger partial charge in [0.1, 0.15) is 5.75 Å². The van der Waals surface area contributed by atoms with Gasteiger partial charge in [-0.05, 0) is 68.9 Å². The van der Waals surface area contributed by atoms with Gasteiger partial charge < -0.3 is 10.5 Å². The molecule has 1 aliphatic heterocycles. The summed E-state index contributed by atoms with van der Waals surface area (Å²) >= 11 is 0. The fourth-order valence-corrected chi connectivity index (χ4v) is 4.24. The Labute approximate surface area is 161 Å². The highest BCUT2D eigenvalue weighted by Crippen LogP contribution is 2.33. The minimum absolute atomic E-state index is 0.511. The monoisotopic (exact) mass is 360 g/mol. The Kier molecular flexibility index (Phi) is 10.1. The lowest BCUT2D eigenvalue weighted by Crippen LogP contribution is -2.29. The van der Waals surface area contributed by atoms with Crippen LogP contribution in [0.4, 0.5) is 0 Å². The number of methoxy groups -OCH3 is 1. The fourth-order valence-electron chi connectivity index (χ4n) is 4.24. The molecule has 1 aliphatic rings. The van der Waals surface area contributed by atoms with Gasteiger partial charge in [0, 0.05) is 6.04 Å². The molecule has 1 saturated heterocycles. The first-order chi connectivity index (χ1) is 12.8. The maximum absolute atomic E-state index is 6.17. The van der Waals surface area contributed by atoms with Crippen LogP contribution in [0.3, 0.4) is 0 Å². The lowest BCUT2D eigenvalue weighted by molar-refractivity contribution is 0.203. The highest BCUT2D eigenvalue weighted by Gasteiger charge is 2.26. The zero-order chi connectivity index (χ0) is 18.6. The van der Waals surface area contributed by atoms with Gasteiger partial charge in [0.25, 0.3) is 0 Å². The first-order valence-electron chi connectivity index (χ1n) is 10.9. The standard InChI is InChI=1S/C23H40N2O/c1-3-4-5-6-7-8-11-20(19-24)18-23(25-16-9-10-17-25)21-12-14-22(26-2)15-13-21/h12-15,20,23H,3-11,16-19,24H2,1-2H3. The minimum Gasteiger partial charge on any atom is -0.497 e. The van der Waals surface area contributed by atoms with Crippen molar-refractivity contribution in [2.45, 2.75) is 77.2 Å². The Morgan fingerprint density at radius 2 is 1.65 bits per heavy atom. The third-order valence-corrected chi connectivity index (χ3v) is 5.94. The highest BCUT2D eigenvalue weighted by atomic mass is 16.5. The van der Waals surface area contributed by atoms with E-state index in [2.05, 4.69) is 36.1 Å². The van der Waals surface area contributed by atoms with Gasteiger partial charge in [-0.15, -0.1) is 0 Å². The number of nitrogens with two attached hydrogens (primary N) is 1. The van der Waals surface area contributed by atoms with Crippen LogP contribution in [-0.4, -0.2) is 31.6 Å². The van der Waals surface area contributed by atoms with E-state index in [9.17, 15) is 0 Å². The van der Waals surface area contributed by atoms with E-state index in [4.69, 9.17) is 10.5 Å². The van der Waals surface area contributed by atoms with E-state index in [0.717, 1.165) is 12.3 Å². The van der Waals surface area contributed by atoms with Crippen LogP contribution in [0.5, 0.6) is 5.75 Å². The molecule has 1 fully saturated rings. The van der Waals surface area contributed by atoms with Crippen molar-refractivity contribution in [1.82, 2.24) is 4.90 Å². The quantitative estimate of drug-likeness (QED) is 0.469. The molecule has 1 heterocycles. The Hall–Kier alpha value is -1.06. The number of rotatable bonds is 13. The summed E-state index contributed by atoms with van der Waals surface area (Å²) < 4.78 is 5.34. The van der Waals surface area contributed by atoms with E-state index in [-0.39, 0.29) is 0 Å². The van der Waals surface area contributed by atoms with Crippen LogP contribution in [0.15, 0.2) is 24.3 Å². The molecule has 1 aromatic carbocycles. The Morgan fingerprint density at radius 3 is 2.27 bits per heavy atom. The smallest absolute Gasteiger partial charge is 0.118 e. The van der Waals surface area contributed by atoms with Gasteiger partial charge in [0.15, 0.2) is 0 Å². The lowest BCUT2D eigenvalue weighted by Gasteiger charge is -2.31. The summed E-state index contributed by atoms with van der Waals surface area (Å²) in [5.74, 6) is 1.57. The van der Waals surface area contributed by atoms with Crippen LogP contribution >= 0.6 is 0 Å². The van der Waals surface area contributed by atoms with Crippen molar-refractivity contribution in [2.24, 2.45) is 11.7 Å². The molecule has 26 heavy (non-hydrogen) atoms. The number of hydrogen-bond acceptors (Lipinski definition) is 3. The molecule has 0 aliphatic carbocycles. The predicted octanol–water partition coefficient (Wildman–Crippen LogP) is 5.55. The zero-order valence-corrected chi connectivity index (χ0v) is 17.1. The molecule has 0 radical (unpaired) electrons. The molecule has 3 heteroatoms. The van der Waals surface area contributed by atoms with Gasteiger partial charge in [0.05, 0.1) is 7.11 Å². The third-order valence-electron chi connectivity index (χ3n) is 5.94. The second kappa shape index (κ2) is 12.3. The molecule has 0 aromatic heterocycles. The van der Waals surface area contributed by atoms with E-state index in [1.165, 1.54) is 82.9 Å². The lowest BCUT2D eigenvalue weighted by atomic mass is 9.89. The number of benzene rings is 1. The van der Waals surface area contributed by atoms with E-state index < -0.39 is 0 Å². The summed E-state index contributed by atoms with van der Waals surface area (Å²) in [5, 5.41) is 0. The second-order valence-corrected chi connectivity index (χ2v) is 7.93. The van der Waals surface area contributed by atoms with Crippen LogP contribution in [0.25, 0.3) is 0 Å². The van der Waals surface area contributed by atoms with Gasteiger partial charge in [-0.1, -0.05) is 57.6 Å². The van der Waals surface area contributed by atoms with Crippen LogP contribution in [-0.2, 0) is 0 Å². The van der Waals surface area contributed by atoms with Crippen LogP contribution in [0.1, 0.15) is 82.7 Å². The van der Waals surface area contributed by atoms with Gasteiger partial charge >= 0.3 is 0 Å². The molecular weight excluding hydrogens is 320 g/mol. The summed E-state index contributed by atoms with van der Waals surface area (Å²) in [4.78, 5) is 2.67. The maximum atomic E-state index is 6.17. The molecule has 1 aromatic rings. The van der Waals surface area contributed by atoms with Crippen molar-refractivity contribution in [2.75, 3.05) is 26.7 Å². The topological polar surface area (TPSA) is 38.5 Å². The van der Waals surface area contributed by atoms with Crippen molar-refractivity contribution in [3.63, 3.8) is 0 Å². The maximum Gasteiger partial charge on any atom is 0.118 e. The normalized spacial score (nSPS) is 17.3. The first kappa shape index (κ1) is 21.2. The second-order valence-electron chi connectivity index (χ2n) is 7.93. The van der Waals surface area contributed by atoms with Crippen LogP contribution in [0, 0.1) is 5.92 Å². The summed E-state index contributed by atoms with van der Waals surface area (Å²) in [6, 6.07) is 9.21. The number of ether oxygens (including phenoxy) is 1. The molecule has 2 atom stereocenters. The summed E-state index contributed by atoms with van der Waals surface area (Å²) in [6.07, 6.45) is 13.3. The molecule has 2 unspecified atom stereocenters. The molecule has 3 nitrogen and oxygen atoms in total. The van der Waals surface area contributed by atoms with Crippen molar-refractivity contribution in [3.05, 3.63) is 29.8 Å². The minimum atomic E-state index is 0.511. The average Bonchev–Trinajstić information content (AvgIpc) is 3.21. The number of likely N-dealkylation sites (tertiary alicyclic amines) is 1. The van der Waals surface area contributed by atoms with E-state index in [1.807, 2.05) is 0 Å². The molecule has 0 amide bonds. The third kappa shape index (κ3) is 6.92. The van der Waals surface area contributed by atoms with Crippen LogP contribution < -0.4 is 10.5 Å². The van der Waals surface area contributed by atoms with Crippen molar-refractivity contribution >= 4 is 0 Å². The summed E-state index contributed by atoms with van der Waals surface area (Å²) in [6.45, 7) is 5.55. The number of nitrogens with zero attached hydrogens (tertiary/aromatic N) is 1. The first-order valence-corrected chi connectivity index (χ1v) is 10.9. The Bertz CT molecular complexity index is 468. The van der Waals surface area contributed by atoms with Gasteiger partial charge in [0.2, 0.25) is 0 Å². The van der Waals surface area contributed by atoms with Gasteiger partial charge in [-0.2, -0.15) is 0 Å². The molecule has 0 bridgehead atoms. The van der Waals surface area contributed by atoms with Crippen molar-refractivity contribution in [3.8, 4) is 5.75 Å². The van der Waals surface area contributed by atoms with Crippen molar-refractivity contribution < 1.29 is 4.74 Å². The molecule has 2 rings (SSSR count).